The third-order valence-corrected chi connectivity index (χ3v) is 7.02. The Morgan fingerprint density at radius 1 is 0.947 bits per heavy atom. The molecule has 0 spiro atoms. The summed E-state index contributed by atoms with van der Waals surface area (Å²) in [7, 11) is 0. The van der Waals surface area contributed by atoms with Crippen LogP contribution in [0.2, 0.25) is 0 Å². The van der Waals surface area contributed by atoms with Crippen molar-refractivity contribution in [3.63, 3.8) is 0 Å². The van der Waals surface area contributed by atoms with Crippen molar-refractivity contribution in [2.24, 2.45) is 5.92 Å². The summed E-state index contributed by atoms with van der Waals surface area (Å²) in [6, 6.07) is 10.7. The summed E-state index contributed by atoms with van der Waals surface area (Å²) in [5.41, 5.74) is 5.73. The number of fused-ring (bicyclic) bond motifs is 2. The van der Waals surface area contributed by atoms with Crippen LogP contribution in [0.4, 0.5) is 10.1 Å². The molecule has 3 N–H and O–H groups in total. The van der Waals surface area contributed by atoms with E-state index in [1.54, 1.807) is 37.1 Å². The van der Waals surface area contributed by atoms with Gasteiger partial charge in [-0.2, -0.15) is 5.10 Å². The van der Waals surface area contributed by atoms with Gasteiger partial charge in [0.15, 0.2) is 11.6 Å². The first kappa shape index (κ1) is 22.2. The number of nitrogens with zero attached hydrogens (tertiary/aromatic N) is 5. The number of hydrogen-bond acceptors (Lipinski definition) is 6. The van der Waals surface area contributed by atoms with Gasteiger partial charge in [0.2, 0.25) is 5.91 Å². The standard InChI is InChI=1S/C28H21FN8O/c29-21-12-17(18-10-19(14-31-13-18)33-28(38)16-2-1-3-16)11-20-24(21)36-37-25(20)27-34-22-6-9-32-23(26(22)35-27)15-4-7-30-8-5-15/h4-14,16H,1-3H2,(H,33,38)(H,34,35)(H,36,37). The van der Waals surface area contributed by atoms with E-state index in [1.807, 2.05) is 24.3 Å². The molecular formula is C28H21FN8O. The van der Waals surface area contributed by atoms with Crippen LogP contribution in [0.3, 0.4) is 0 Å². The van der Waals surface area contributed by atoms with Gasteiger partial charge in [-0.1, -0.05) is 6.42 Å². The number of hydrogen-bond donors (Lipinski definition) is 3. The highest BCUT2D eigenvalue weighted by atomic mass is 19.1. The van der Waals surface area contributed by atoms with Crippen LogP contribution in [0.5, 0.6) is 0 Å². The highest BCUT2D eigenvalue weighted by Crippen LogP contribution is 2.34. The molecule has 1 amide bonds. The molecule has 6 aromatic rings. The lowest BCUT2D eigenvalue weighted by molar-refractivity contribution is -0.122. The van der Waals surface area contributed by atoms with Gasteiger partial charge >= 0.3 is 0 Å². The van der Waals surface area contributed by atoms with Crippen molar-refractivity contribution in [1.29, 1.82) is 0 Å². The van der Waals surface area contributed by atoms with E-state index in [0.717, 1.165) is 36.0 Å². The number of carbonyl (C=O) groups is 1. The van der Waals surface area contributed by atoms with Gasteiger partial charge in [-0.3, -0.25) is 24.8 Å². The van der Waals surface area contributed by atoms with Crippen molar-refractivity contribution in [3.8, 4) is 33.9 Å². The molecule has 186 valence electrons. The number of carbonyl (C=O) groups excluding carboxylic acids is 1. The number of aromatic nitrogens is 7. The molecule has 0 saturated heterocycles. The number of amides is 1. The van der Waals surface area contributed by atoms with Crippen LogP contribution >= 0.6 is 0 Å². The van der Waals surface area contributed by atoms with Gasteiger partial charge in [-0.05, 0) is 54.8 Å². The summed E-state index contributed by atoms with van der Waals surface area (Å²) in [4.78, 5) is 33.4. The third kappa shape index (κ3) is 3.78. The summed E-state index contributed by atoms with van der Waals surface area (Å²) >= 11 is 0. The molecule has 7 rings (SSSR count). The van der Waals surface area contributed by atoms with E-state index in [9.17, 15) is 4.79 Å². The second-order valence-electron chi connectivity index (χ2n) is 9.41. The maximum atomic E-state index is 15.2. The van der Waals surface area contributed by atoms with Gasteiger partial charge < -0.3 is 10.3 Å². The van der Waals surface area contributed by atoms with Crippen molar-refractivity contribution in [2.45, 2.75) is 19.3 Å². The lowest BCUT2D eigenvalue weighted by atomic mass is 9.85. The van der Waals surface area contributed by atoms with Gasteiger partial charge in [0, 0.05) is 47.2 Å². The first-order chi connectivity index (χ1) is 18.6. The Kier molecular flexibility index (Phi) is 5.17. The summed E-state index contributed by atoms with van der Waals surface area (Å²) in [5.74, 6) is 0.0969. The van der Waals surface area contributed by atoms with E-state index >= 15 is 4.39 Å². The minimum atomic E-state index is -0.473. The molecular weight excluding hydrogens is 483 g/mol. The van der Waals surface area contributed by atoms with Crippen molar-refractivity contribution in [2.75, 3.05) is 5.32 Å². The number of H-pyrrole nitrogens is 2. The van der Waals surface area contributed by atoms with Gasteiger partial charge in [-0.25, -0.2) is 9.37 Å². The zero-order valence-electron chi connectivity index (χ0n) is 20.1. The van der Waals surface area contributed by atoms with Crippen LogP contribution in [0, 0.1) is 11.7 Å². The van der Waals surface area contributed by atoms with Gasteiger partial charge in [0.25, 0.3) is 0 Å². The van der Waals surface area contributed by atoms with Gasteiger partial charge in [0.1, 0.15) is 16.7 Å². The van der Waals surface area contributed by atoms with Crippen molar-refractivity contribution in [3.05, 3.63) is 73.2 Å². The molecule has 1 aliphatic carbocycles. The summed E-state index contributed by atoms with van der Waals surface area (Å²) in [5, 5.41) is 10.7. The predicted octanol–water partition coefficient (Wildman–Crippen LogP) is 5.50. The second kappa shape index (κ2) is 8.84. The molecule has 1 aliphatic rings. The number of rotatable bonds is 5. The number of anilines is 1. The van der Waals surface area contributed by atoms with E-state index in [0.29, 0.717) is 39.2 Å². The molecule has 5 aromatic heterocycles. The number of imidazole rings is 1. The van der Waals surface area contributed by atoms with Crippen LogP contribution < -0.4 is 5.32 Å². The monoisotopic (exact) mass is 504 g/mol. The Labute approximate surface area is 215 Å². The molecule has 5 heterocycles. The normalized spacial score (nSPS) is 13.6. The molecule has 0 atom stereocenters. The molecule has 0 aliphatic heterocycles. The highest BCUT2D eigenvalue weighted by Gasteiger charge is 2.25. The number of aromatic amines is 2. The third-order valence-electron chi connectivity index (χ3n) is 7.02. The van der Waals surface area contributed by atoms with Gasteiger partial charge in [0.05, 0.1) is 23.1 Å². The Balaban J connectivity index is 1.29. The largest absolute Gasteiger partial charge is 0.337 e. The summed E-state index contributed by atoms with van der Waals surface area (Å²) < 4.78 is 15.2. The van der Waals surface area contributed by atoms with Crippen LogP contribution in [-0.2, 0) is 4.79 Å². The topological polar surface area (TPSA) is 125 Å². The molecule has 0 unspecified atom stereocenters. The quantitative estimate of drug-likeness (QED) is 0.285. The number of benzene rings is 1. The lowest BCUT2D eigenvalue weighted by Crippen LogP contribution is -2.28. The molecule has 0 bridgehead atoms. The molecule has 1 aromatic carbocycles. The maximum Gasteiger partial charge on any atom is 0.227 e. The second-order valence-corrected chi connectivity index (χ2v) is 9.41. The fraction of sp³-hybridized carbons (Fsp3) is 0.143. The predicted molar refractivity (Wildman–Crippen MR) is 141 cm³/mol. The maximum absolute atomic E-state index is 15.2. The van der Waals surface area contributed by atoms with E-state index in [1.165, 1.54) is 6.07 Å². The Hall–Kier alpha value is -4.99. The average Bonchev–Trinajstić information content (AvgIpc) is 3.52. The van der Waals surface area contributed by atoms with Gasteiger partial charge in [-0.15, -0.1) is 0 Å². The average molecular weight is 505 g/mol. The van der Waals surface area contributed by atoms with Crippen molar-refractivity contribution >= 4 is 33.5 Å². The highest BCUT2D eigenvalue weighted by molar-refractivity contribution is 5.98. The molecule has 10 heteroatoms. The fourth-order valence-corrected chi connectivity index (χ4v) is 4.78. The molecule has 1 fully saturated rings. The zero-order chi connectivity index (χ0) is 25.6. The van der Waals surface area contributed by atoms with Crippen LogP contribution in [0.25, 0.3) is 55.8 Å². The Morgan fingerprint density at radius 2 is 1.82 bits per heavy atom. The SMILES string of the molecule is O=C(Nc1cncc(-c2cc(F)c3n[nH]c(-c4nc5c(-c6ccncc6)nccc5[nH]4)c3c2)c1)C1CCC1. The number of nitrogens with one attached hydrogen (secondary N) is 3. The van der Waals surface area contributed by atoms with E-state index in [4.69, 9.17) is 4.98 Å². The first-order valence-electron chi connectivity index (χ1n) is 12.3. The van der Waals surface area contributed by atoms with Crippen molar-refractivity contribution in [1.82, 2.24) is 35.1 Å². The molecule has 0 radical (unpaired) electrons. The minimum absolute atomic E-state index is 0.000496. The fourth-order valence-electron chi connectivity index (χ4n) is 4.78. The lowest BCUT2D eigenvalue weighted by Gasteiger charge is -2.24. The minimum Gasteiger partial charge on any atom is -0.337 e. The van der Waals surface area contributed by atoms with E-state index in [2.05, 4.69) is 35.5 Å². The number of halogens is 1. The zero-order valence-corrected chi connectivity index (χ0v) is 20.1. The Bertz CT molecular complexity index is 1820. The summed E-state index contributed by atoms with van der Waals surface area (Å²) in [6.45, 7) is 0. The van der Waals surface area contributed by atoms with Crippen LogP contribution in [0.1, 0.15) is 19.3 Å². The van der Waals surface area contributed by atoms with Crippen LogP contribution in [-0.4, -0.2) is 41.0 Å². The first-order valence-corrected chi connectivity index (χ1v) is 12.3. The Morgan fingerprint density at radius 3 is 2.63 bits per heavy atom. The summed E-state index contributed by atoms with van der Waals surface area (Å²) in [6.07, 6.45) is 11.3. The molecule has 9 nitrogen and oxygen atoms in total. The number of pyridine rings is 3. The molecule has 1 saturated carbocycles. The van der Waals surface area contributed by atoms with Crippen LogP contribution in [0.15, 0.2) is 67.4 Å². The smallest absolute Gasteiger partial charge is 0.227 e. The van der Waals surface area contributed by atoms with E-state index < -0.39 is 5.82 Å². The molecule has 38 heavy (non-hydrogen) atoms. The van der Waals surface area contributed by atoms with Crippen molar-refractivity contribution < 1.29 is 9.18 Å². The van der Waals surface area contributed by atoms with E-state index in [-0.39, 0.29) is 17.3 Å².